The van der Waals surface area contributed by atoms with Gasteiger partial charge in [0.25, 0.3) is 11.8 Å². The molecule has 2 aliphatic heterocycles. The molecule has 0 saturated carbocycles. The molecule has 3 heterocycles. The van der Waals surface area contributed by atoms with Crippen LogP contribution in [0.4, 0.5) is 10.5 Å². The van der Waals surface area contributed by atoms with Crippen molar-refractivity contribution in [3.05, 3.63) is 112 Å². The summed E-state index contributed by atoms with van der Waals surface area (Å²) in [5, 5.41) is -0.493. The molecule has 4 aromatic rings. The molecule has 0 radical (unpaired) electrons. The molecule has 6 rings (SSSR count). The molecule has 0 bridgehead atoms. The molecule has 2 aliphatic rings. The lowest BCUT2D eigenvalue weighted by Gasteiger charge is -2.36. The van der Waals surface area contributed by atoms with Crippen LogP contribution in [0.3, 0.4) is 0 Å². The molecule has 0 fully saturated rings. The fourth-order valence-electron chi connectivity index (χ4n) is 6.38. The van der Waals surface area contributed by atoms with E-state index in [4.69, 9.17) is 11.6 Å². The molecule has 43 heavy (non-hydrogen) atoms. The number of anilines is 1. The van der Waals surface area contributed by atoms with Gasteiger partial charge in [0, 0.05) is 68.0 Å². The standard InChI is InChI=1S/C35H35ClN4O3/c1-22-16-24-10-8-9-11-26(24)21-40(22)34(42)31-18-27-20-39(35(36)43)15-14-25(27)17-30(31)32-19-29(23(2)37(32)3)33(41)38(4)28-12-6-5-7-13-28/h5-13,17-19,22H,14-16,20-21H2,1-4H3/t22-/m1/s1. The minimum absolute atomic E-state index is 0.0130. The van der Waals surface area contributed by atoms with E-state index in [-0.39, 0.29) is 17.9 Å². The number of aromatic nitrogens is 1. The van der Waals surface area contributed by atoms with Crippen LogP contribution in [-0.2, 0) is 33.0 Å². The zero-order valence-corrected chi connectivity index (χ0v) is 25.7. The van der Waals surface area contributed by atoms with E-state index in [9.17, 15) is 14.4 Å². The van der Waals surface area contributed by atoms with Crippen LogP contribution in [0.1, 0.15) is 55.6 Å². The minimum atomic E-state index is -0.493. The maximum absolute atomic E-state index is 14.5. The van der Waals surface area contributed by atoms with Crippen LogP contribution in [0.15, 0.2) is 72.8 Å². The van der Waals surface area contributed by atoms with Crippen molar-refractivity contribution in [3.8, 4) is 11.3 Å². The number of fused-ring (bicyclic) bond motifs is 2. The Kier molecular flexibility index (Phi) is 7.61. The summed E-state index contributed by atoms with van der Waals surface area (Å²) in [5.74, 6) is -0.184. The van der Waals surface area contributed by atoms with Crippen molar-refractivity contribution in [3.63, 3.8) is 0 Å². The van der Waals surface area contributed by atoms with Crippen molar-refractivity contribution >= 4 is 34.5 Å². The third-order valence-corrected chi connectivity index (χ3v) is 9.33. The highest BCUT2D eigenvalue weighted by Crippen LogP contribution is 2.35. The molecule has 0 spiro atoms. The van der Waals surface area contributed by atoms with Crippen LogP contribution in [0.5, 0.6) is 0 Å². The van der Waals surface area contributed by atoms with Gasteiger partial charge in [-0.25, -0.2) is 0 Å². The second-order valence-corrected chi connectivity index (χ2v) is 12.0. The van der Waals surface area contributed by atoms with Crippen molar-refractivity contribution in [1.82, 2.24) is 14.4 Å². The Morgan fingerprint density at radius 2 is 1.56 bits per heavy atom. The molecule has 8 heteroatoms. The number of nitrogens with zero attached hydrogens (tertiary/aromatic N) is 4. The monoisotopic (exact) mass is 594 g/mol. The lowest BCUT2D eigenvalue weighted by Crippen LogP contribution is -2.43. The van der Waals surface area contributed by atoms with Crippen LogP contribution in [0.2, 0.25) is 0 Å². The van der Waals surface area contributed by atoms with Crippen LogP contribution in [0.25, 0.3) is 11.3 Å². The molecule has 0 saturated heterocycles. The first kappa shape index (κ1) is 28.7. The Morgan fingerprint density at radius 1 is 0.860 bits per heavy atom. The predicted octanol–water partition coefficient (Wildman–Crippen LogP) is 6.58. The second kappa shape index (κ2) is 11.4. The van der Waals surface area contributed by atoms with Crippen LogP contribution >= 0.6 is 11.6 Å². The summed E-state index contributed by atoms with van der Waals surface area (Å²) in [6, 6.07) is 23.8. The van der Waals surface area contributed by atoms with Crippen molar-refractivity contribution in [2.24, 2.45) is 7.05 Å². The predicted molar refractivity (Wildman–Crippen MR) is 170 cm³/mol. The van der Waals surface area contributed by atoms with Crippen molar-refractivity contribution in [2.75, 3.05) is 18.5 Å². The topological polar surface area (TPSA) is 65.9 Å². The first-order chi connectivity index (χ1) is 20.6. The molecular formula is C35H35ClN4O3. The number of benzene rings is 3. The summed E-state index contributed by atoms with van der Waals surface area (Å²) in [6.07, 6.45) is 1.42. The number of halogens is 1. The molecule has 0 unspecified atom stereocenters. The van der Waals surface area contributed by atoms with Gasteiger partial charge in [0.15, 0.2) is 0 Å². The van der Waals surface area contributed by atoms with Gasteiger partial charge in [0.05, 0.1) is 5.56 Å². The van der Waals surface area contributed by atoms with E-state index >= 15 is 0 Å². The molecule has 1 aromatic heterocycles. The van der Waals surface area contributed by atoms with Gasteiger partial charge < -0.3 is 19.3 Å². The largest absolute Gasteiger partial charge is 0.347 e. The van der Waals surface area contributed by atoms with E-state index in [0.29, 0.717) is 37.2 Å². The summed E-state index contributed by atoms with van der Waals surface area (Å²) in [7, 11) is 3.71. The summed E-state index contributed by atoms with van der Waals surface area (Å²) >= 11 is 5.85. The van der Waals surface area contributed by atoms with E-state index < -0.39 is 5.37 Å². The van der Waals surface area contributed by atoms with E-state index in [2.05, 4.69) is 25.1 Å². The Morgan fingerprint density at radius 3 is 2.28 bits per heavy atom. The number of hydrogen-bond donors (Lipinski definition) is 0. The highest BCUT2D eigenvalue weighted by Gasteiger charge is 2.32. The second-order valence-electron chi connectivity index (χ2n) is 11.6. The van der Waals surface area contributed by atoms with Crippen molar-refractivity contribution in [2.45, 2.75) is 45.8 Å². The lowest BCUT2D eigenvalue weighted by molar-refractivity contribution is 0.0658. The Labute approximate surface area is 257 Å². The number of hydrogen-bond acceptors (Lipinski definition) is 3. The van der Waals surface area contributed by atoms with E-state index in [1.165, 1.54) is 5.56 Å². The fourth-order valence-corrected chi connectivity index (χ4v) is 6.52. The molecule has 3 amide bonds. The molecule has 1 atom stereocenters. The number of carbonyl (C=O) groups excluding carboxylic acids is 3. The minimum Gasteiger partial charge on any atom is -0.347 e. The molecule has 220 valence electrons. The summed E-state index contributed by atoms with van der Waals surface area (Å²) < 4.78 is 2.00. The SMILES string of the molecule is Cc1c(C(=O)N(C)c2ccccc2)cc(-c2cc3c(cc2C(=O)N2Cc4ccccc4C[C@H]2C)CN(C(=O)Cl)CC3)n1C. The number of amides is 3. The quantitative estimate of drug-likeness (QED) is 0.198. The zero-order valence-electron chi connectivity index (χ0n) is 24.9. The number of para-hydroxylation sites is 1. The number of rotatable bonds is 4. The summed E-state index contributed by atoms with van der Waals surface area (Å²) in [4.78, 5) is 45.4. The van der Waals surface area contributed by atoms with E-state index in [0.717, 1.165) is 45.7 Å². The molecule has 0 N–H and O–H groups in total. The molecule has 0 aliphatic carbocycles. The Hall–Kier alpha value is -4.36. The molecule has 3 aromatic carbocycles. The smallest absolute Gasteiger partial charge is 0.316 e. The van der Waals surface area contributed by atoms with Gasteiger partial charge in [-0.15, -0.1) is 0 Å². The van der Waals surface area contributed by atoms with Crippen LogP contribution < -0.4 is 4.90 Å². The fraction of sp³-hybridized carbons (Fsp3) is 0.286. The summed E-state index contributed by atoms with van der Waals surface area (Å²) in [6.45, 7) is 5.41. The van der Waals surface area contributed by atoms with Gasteiger partial charge in [-0.05, 0) is 90.9 Å². The van der Waals surface area contributed by atoms with Gasteiger partial charge in [0.2, 0.25) is 0 Å². The Balaban J connectivity index is 1.45. The third-order valence-electron chi connectivity index (χ3n) is 9.09. The highest BCUT2D eigenvalue weighted by atomic mass is 35.5. The first-order valence-corrected chi connectivity index (χ1v) is 15.0. The highest BCUT2D eigenvalue weighted by molar-refractivity contribution is 6.62. The summed E-state index contributed by atoms with van der Waals surface area (Å²) in [5.41, 5.74) is 8.77. The van der Waals surface area contributed by atoms with Gasteiger partial charge in [-0.2, -0.15) is 0 Å². The maximum Gasteiger partial charge on any atom is 0.316 e. The van der Waals surface area contributed by atoms with E-state index in [1.807, 2.05) is 78.0 Å². The average Bonchev–Trinajstić information content (AvgIpc) is 3.32. The lowest BCUT2D eigenvalue weighted by atomic mass is 9.90. The van der Waals surface area contributed by atoms with Crippen LogP contribution in [0, 0.1) is 6.92 Å². The third kappa shape index (κ3) is 5.23. The van der Waals surface area contributed by atoms with Crippen molar-refractivity contribution in [1.29, 1.82) is 0 Å². The van der Waals surface area contributed by atoms with Gasteiger partial charge in [-0.1, -0.05) is 42.5 Å². The van der Waals surface area contributed by atoms with E-state index in [1.54, 1.807) is 16.8 Å². The first-order valence-electron chi connectivity index (χ1n) is 14.6. The van der Waals surface area contributed by atoms with Gasteiger partial charge >= 0.3 is 5.37 Å². The van der Waals surface area contributed by atoms with Gasteiger partial charge in [-0.3, -0.25) is 14.4 Å². The van der Waals surface area contributed by atoms with Gasteiger partial charge in [0.1, 0.15) is 0 Å². The normalized spacial score (nSPS) is 16.0. The molecule has 7 nitrogen and oxygen atoms in total. The van der Waals surface area contributed by atoms with Crippen LogP contribution in [-0.4, -0.2) is 51.2 Å². The number of carbonyl (C=O) groups is 3. The zero-order chi connectivity index (χ0) is 30.4. The average molecular weight is 595 g/mol. The van der Waals surface area contributed by atoms with Crippen molar-refractivity contribution < 1.29 is 14.4 Å². The molecular weight excluding hydrogens is 560 g/mol. The Bertz CT molecular complexity index is 1750. The maximum atomic E-state index is 14.5.